The maximum Gasteiger partial charge on any atom is 1.00 e. The molecule has 0 unspecified atom stereocenters. The molecular formula is H4K2N2O8. The van der Waals surface area contributed by atoms with Crippen LogP contribution in [0.1, 0.15) is 0 Å². The molecule has 0 saturated carbocycles. The fourth-order valence-corrected chi connectivity index (χ4v) is 0. The van der Waals surface area contributed by atoms with E-state index in [4.69, 9.17) is 30.6 Å². The van der Waals surface area contributed by atoms with Crippen LogP contribution in [-0.4, -0.2) is 21.1 Å². The smallest absolute Gasteiger partial charge is 0.412 e. The van der Waals surface area contributed by atoms with Crippen LogP contribution >= 0.6 is 0 Å². The van der Waals surface area contributed by atoms with E-state index in [1.165, 1.54) is 0 Å². The molecule has 10 nitrogen and oxygen atoms in total. The molecule has 0 spiro atoms. The SMILES string of the molecule is O.O.O=[N+]([O-])[O-].O=[N+]([O-])[O-].[K+].[K+]. The van der Waals surface area contributed by atoms with Gasteiger partial charge in [0.25, 0.3) is 0 Å². The molecule has 0 aliphatic carbocycles. The Hall–Kier alpha value is 1.59. The summed E-state index contributed by atoms with van der Waals surface area (Å²) in [6, 6.07) is 0. The maximum atomic E-state index is 8.25. The van der Waals surface area contributed by atoms with Gasteiger partial charge in [-0.3, -0.25) is 0 Å². The summed E-state index contributed by atoms with van der Waals surface area (Å²) in [6.45, 7) is 0. The van der Waals surface area contributed by atoms with Gasteiger partial charge in [-0.25, -0.2) is 0 Å². The van der Waals surface area contributed by atoms with Gasteiger partial charge in [-0.2, -0.15) is 0 Å². The normalized spacial score (nSPS) is 4.00. The summed E-state index contributed by atoms with van der Waals surface area (Å²) >= 11 is 0. The van der Waals surface area contributed by atoms with Gasteiger partial charge in [0.05, 0.1) is 10.2 Å². The second kappa shape index (κ2) is 29.4. The van der Waals surface area contributed by atoms with Crippen LogP contribution in [0.2, 0.25) is 0 Å². The first-order valence-electron chi connectivity index (χ1n) is 1.10. The Bertz CT molecular complexity index is 73.1. The standard InChI is InChI=1S/2K.2NO3.2H2O/c;;2*2-1(3)4;;/h;;;;2*1H2/q2*+1;2*-1;;. The van der Waals surface area contributed by atoms with Crippen molar-refractivity contribution in [2.24, 2.45) is 0 Å². The van der Waals surface area contributed by atoms with Crippen molar-refractivity contribution in [2.45, 2.75) is 0 Å². The van der Waals surface area contributed by atoms with Gasteiger partial charge in [0.15, 0.2) is 0 Å². The molecule has 0 aromatic heterocycles. The van der Waals surface area contributed by atoms with Crippen LogP contribution in [-0.2, 0) is 0 Å². The van der Waals surface area contributed by atoms with E-state index in [0.29, 0.717) is 0 Å². The zero-order chi connectivity index (χ0) is 7.15. The molecule has 0 aliphatic heterocycles. The van der Waals surface area contributed by atoms with Crippen molar-refractivity contribution in [3.8, 4) is 0 Å². The van der Waals surface area contributed by atoms with Crippen molar-refractivity contribution >= 4 is 0 Å². The van der Waals surface area contributed by atoms with Crippen LogP contribution in [0, 0.1) is 30.6 Å². The molecule has 0 aromatic rings. The van der Waals surface area contributed by atoms with E-state index >= 15 is 0 Å². The summed E-state index contributed by atoms with van der Waals surface area (Å²) in [7, 11) is 0. The number of hydrogen-bond acceptors (Lipinski definition) is 6. The quantitative estimate of drug-likeness (QED) is 0.228. The summed E-state index contributed by atoms with van der Waals surface area (Å²) in [5, 5.41) is 29.5. The largest absolute Gasteiger partial charge is 1.00 e. The van der Waals surface area contributed by atoms with Gasteiger partial charge in [0, 0.05) is 0 Å². The molecule has 0 atom stereocenters. The summed E-state index contributed by atoms with van der Waals surface area (Å²) in [5.74, 6) is 0. The number of hydrogen-bond donors (Lipinski definition) is 0. The molecule has 0 aliphatic rings. The monoisotopic (exact) mass is 238 g/mol. The van der Waals surface area contributed by atoms with Crippen molar-refractivity contribution in [3.63, 3.8) is 0 Å². The summed E-state index contributed by atoms with van der Waals surface area (Å²) in [6.07, 6.45) is 0. The van der Waals surface area contributed by atoms with E-state index in [1.54, 1.807) is 0 Å². The molecule has 0 heterocycles. The van der Waals surface area contributed by atoms with Gasteiger partial charge in [-0.1, -0.05) is 0 Å². The molecule has 0 fully saturated rings. The molecule has 0 saturated heterocycles. The van der Waals surface area contributed by atoms with Gasteiger partial charge >= 0.3 is 103 Å². The number of rotatable bonds is 0. The molecule has 0 bridgehead atoms. The van der Waals surface area contributed by atoms with E-state index in [2.05, 4.69) is 0 Å². The first kappa shape index (κ1) is 37.4. The second-order valence-corrected chi connectivity index (χ2v) is 0.447. The molecule has 64 valence electrons. The van der Waals surface area contributed by atoms with E-state index < -0.39 is 10.2 Å². The Labute approximate surface area is 151 Å². The van der Waals surface area contributed by atoms with E-state index in [9.17, 15) is 0 Å². The van der Waals surface area contributed by atoms with E-state index in [-0.39, 0.29) is 114 Å². The minimum atomic E-state index is -1.75. The van der Waals surface area contributed by atoms with Crippen LogP contribution < -0.4 is 103 Å². The van der Waals surface area contributed by atoms with Crippen molar-refractivity contribution in [3.05, 3.63) is 30.6 Å². The molecule has 0 radical (unpaired) electrons. The molecule has 12 heavy (non-hydrogen) atoms. The van der Waals surface area contributed by atoms with Gasteiger partial charge in [-0.15, -0.1) is 0 Å². The van der Waals surface area contributed by atoms with Crippen molar-refractivity contribution in [1.29, 1.82) is 0 Å². The fraction of sp³-hybridized carbons (Fsp3) is 0. The maximum absolute atomic E-state index is 8.25. The minimum Gasteiger partial charge on any atom is -0.412 e. The van der Waals surface area contributed by atoms with Crippen LogP contribution in [0.4, 0.5) is 0 Å². The molecule has 0 aromatic carbocycles. The molecule has 4 N–H and O–H groups in total. The average molecular weight is 238 g/mol. The van der Waals surface area contributed by atoms with Gasteiger partial charge in [0.2, 0.25) is 0 Å². The van der Waals surface area contributed by atoms with Crippen LogP contribution in [0.25, 0.3) is 0 Å². The third-order valence-corrected chi connectivity index (χ3v) is 0. The Morgan fingerprint density at radius 1 is 0.667 bits per heavy atom. The van der Waals surface area contributed by atoms with Crippen molar-refractivity contribution < 1.29 is 124 Å². The third kappa shape index (κ3) is 513. The first-order valence-corrected chi connectivity index (χ1v) is 1.10. The predicted octanol–water partition coefficient (Wildman–Crippen LogP) is -8.12. The third-order valence-electron chi connectivity index (χ3n) is 0. The average Bonchev–Trinajstić information content (AvgIpc) is 1.25. The van der Waals surface area contributed by atoms with E-state index in [1.807, 2.05) is 0 Å². The van der Waals surface area contributed by atoms with Crippen LogP contribution in [0.3, 0.4) is 0 Å². The topological polar surface area (TPSA) is 195 Å². The first-order chi connectivity index (χ1) is 3.46. The summed E-state index contributed by atoms with van der Waals surface area (Å²) < 4.78 is 0. The van der Waals surface area contributed by atoms with Crippen LogP contribution in [0.15, 0.2) is 0 Å². The van der Waals surface area contributed by atoms with Crippen LogP contribution in [0.5, 0.6) is 0 Å². The van der Waals surface area contributed by atoms with Crippen molar-refractivity contribution in [1.82, 2.24) is 0 Å². The van der Waals surface area contributed by atoms with Crippen molar-refractivity contribution in [2.75, 3.05) is 0 Å². The molecule has 12 heteroatoms. The molecule has 0 rings (SSSR count). The Kier molecular flexibility index (Phi) is 91.5. The second-order valence-electron chi connectivity index (χ2n) is 0.447. The van der Waals surface area contributed by atoms with Gasteiger partial charge in [-0.05, 0) is 0 Å². The number of nitrogens with zero attached hydrogens (tertiary/aromatic N) is 2. The minimum absolute atomic E-state index is 0. The summed E-state index contributed by atoms with van der Waals surface area (Å²) in [5.41, 5.74) is 0. The molecule has 0 amide bonds. The van der Waals surface area contributed by atoms with E-state index in [0.717, 1.165) is 0 Å². The zero-order valence-corrected chi connectivity index (χ0v) is 12.6. The predicted molar refractivity (Wildman–Crippen MR) is 28.0 cm³/mol. The Morgan fingerprint density at radius 2 is 0.667 bits per heavy atom. The Morgan fingerprint density at radius 3 is 0.667 bits per heavy atom. The zero-order valence-electron chi connectivity index (χ0n) is 6.34. The van der Waals surface area contributed by atoms with Gasteiger partial charge in [0.1, 0.15) is 0 Å². The van der Waals surface area contributed by atoms with Gasteiger partial charge < -0.3 is 41.6 Å². The molecular weight excluding hydrogens is 234 g/mol. The Balaban J connectivity index is -0.0000000112. The fourth-order valence-electron chi connectivity index (χ4n) is 0. The summed E-state index contributed by atoms with van der Waals surface area (Å²) in [4.78, 5) is 16.5.